The Morgan fingerprint density at radius 2 is 1.58 bits per heavy atom. The topological polar surface area (TPSA) is 78.5 Å². The van der Waals surface area contributed by atoms with Crippen LogP contribution in [-0.4, -0.2) is 35.7 Å². The van der Waals surface area contributed by atoms with Crippen molar-refractivity contribution in [2.24, 2.45) is 5.41 Å². The molecule has 6 heteroatoms. The van der Waals surface area contributed by atoms with E-state index in [4.69, 9.17) is 0 Å². The number of hydrogen-bond acceptors (Lipinski definition) is 3. The summed E-state index contributed by atoms with van der Waals surface area (Å²) in [4.78, 5) is 38.2. The summed E-state index contributed by atoms with van der Waals surface area (Å²) in [5.41, 5.74) is 0.00711. The maximum atomic E-state index is 12.7. The molecule has 1 aliphatic rings. The summed E-state index contributed by atoms with van der Waals surface area (Å²) in [6.07, 6.45) is 3.11. The highest BCUT2D eigenvalue weighted by atomic mass is 16.2. The fraction of sp³-hybridized carbons (Fsp3) is 0.500. The number of piperidine rings is 1. The summed E-state index contributed by atoms with van der Waals surface area (Å²) in [5, 5.41) is 5.44. The summed E-state index contributed by atoms with van der Waals surface area (Å²) >= 11 is 0. The molecule has 0 aromatic heterocycles. The first-order valence-electron chi connectivity index (χ1n) is 8.29. The van der Waals surface area contributed by atoms with Crippen LogP contribution in [0.2, 0.25) is 0 Å². The molecule has 1 aliphatic heterocycles. The number of carbonyl (C=O) groups is 3. The van der Waals surface area contributed by atoms with Crippen LogP contribution in [0.5, 0.6) is 0 Å². The Kier molecular flexibility index (Phi) is 5.59. The van der Waals surface area contributed by atoms with E-state index in [-0.39, 0.29) is 17.7 Å². The van der Waals surface area contributed by atoms with Crippen LogP contribution in [0.4, 0.5) is 11.4 Å². The maximum Gasteiger partial charge on any atom is 0.239 e. The molecule has 0 aliphatic carbocycles. The number of hydrogen-bond donors (Lipinski definition) is 2. The zero-order valence-corrected chi connectivity index (χ0v) is 14.5. The van der Waals surface area contributed by atoms with Crippen molar-refractivity contribution in [3.63, 3.8) is 0 Å². The molecular formula is C18H25N3O3. The Hall–Kier alpha value is -2.37. The van der Waals surface area contributed by atoms with Gasteiger partial charge in [0.2, 0.25) is 17.7 Å². The molecule has 0 bridgehead atoms. The second kappa shape index (κ2) is 7.47. The van der Waals surface area contributed by atoms with E-state index in [2.05, 4.69) is 10.6 Å². The largest absolute Gasteiger partial charge is 0.342 e. The van der Waals surface area contributed by atoms with E-state index in [0.717, 1.165) is 19.3 Å². The van der Waals surface area contributed by atoms with Gasteiger partial charge in [-0.1, -0.05) is 6.07 Å². The Morgan fingerprint density at radius 3 is 2.17 bits per heavy atom. The average Bonchev–Trinajstić information content (AvgIpc) is 2.54. The van der Waals surface area contributed by atoms with E-state index >= 15 is 0 Å². The van der Waals surface area contributed by atoms with Gasteiger partial charge in [0.1, 0.15) is 5.41 Å². The minimum absolute atomic E-state index is 0.141. The molecule has 0 saturated carbocycles. The molecule has 3 amide bonds. The molecule has 1 aromatic rings. The Balaban J connectivity index is 2.07. The van der Waals surface area contributed by atoms with Gasteiger partial charge in [-0.2, -0.15) is 0 Å². The molecule has 1 heterocycles. The number of carbonyl (C=O) groups excluding carboxylic acids is 3. The standard InChI is InChI=1S/C18H25N3O3/c1-13(22)19-14-8-7-9-15(12-14)20-16(23)18(2,3)17(24)21-10-5-4-6-11-21/h7-9,12H,4-6,10-11H2,1-3H3,(H,19,22)(H,20,23). The lowest BCUT2D eigenvalue weighted by atomic mass is 9.89. The van der Waals surface area contributed by atoms with Gasteiger partial charge in [-0.15, -0.1) is 0 Å². The first-order chi connectivity index (χ1) is 11.3. The number of likely N-dealkylation sites (tertiary alicyclic amines) is 1. The highest BCUT2D eigenvalue weighted by molar-refractivity contribution is 6.10. The van der Waals surface area contributed by atoms with E-state index in [1.54, 1.807) is 43.0 Å². The van der Waals surface area contributed by atoms with Crippen molar-refractivity contribution in [1.29, 1.82) is 0 Å². The van der Waals surface area contributed by atoms with Crippen molar-refractivity contribution in [3.8, 4) is 0 Å². The van der Waals surface area contributed by atoms with Crippen molar-refractivity contribution in [3.05, 3.63) is 24.3 Å². The first-order valence-corrected chi connectivity index (χ1v) is 8.29. The van der Waals surface area contributed by atoms with Gasteiger partial charge < -0.3 is 15.5 Å². The fourth-order valence-corrected chi connectivity index (χ4v) is 2.75. The lowest BCUT2D eigenvalue weighted by Gasteiger charge is -2.33. The van der Waals surface area contributed by atoms with Crippen LogP contribution in [0.1, 0.15) is 40.0 Å². The van der Waals surface area contributed by atoms with Crippen molar-refractivity contribution < 1.29 is 14.4 Å². The van der Waals surface area contributed by atoms with Crippen molar-refractivity contribution >= 4 is 29.1 Å². The zero-order valence-electron chi connectivity index (χ0n) is 14.5. The van der Waals surface area contributed by atoms with Crippen LogP contribution in [0.3, 0.4) is 0 Å². The second-order valence-electron chi connectivity index (χ2n) is 6.69. The first kappa shape index (κ1) is 18.0. The van der Waals surface area contributed by atoms with Gasteiger partial charge in [0.15, 0.2) is 0 Å². The molecule has 1 fully saturated rings. The minimum Gasteiger partial charge on any atom is -0.342 e. The van der Waals surface area contributed by atoms with Gasteiger partial charge >= 0.3 is 0 Å². The average molecular weight is 331 g/mol. The van der Waals surface area contributed by atoms with E-state index < -0.39 is 5.41 Å². The molecule has 1 aromatic carbocycles. The Bertz CT molecular complexity index is 634. The summed E-state index contributed by atoms with van der Waals surface area (Å²) in [6.45, 7) is 6.15. The SMILES string of the molecule is CC(=O)Nc1cccc(NC(=O)C(C)(C)C(=O)N2CCCCC2)c1. The van der Waals surface area contributed by atoms with Crippen molar-refractivity contribution in [2.45, 2.75) is 40.0 Å². The summed E-state index contributed by atoms with van der Waals surface area (Å²) in [6, 6.07) is 6.87. The smallest absolute Gasteiger partial charge is 0.239 e. The summed E-state index contributed by atoms with van der Waals surface area (Å²) in [7, 11) is 0. The normalized spacial score (nSPS) is 14.9. The fourth-order valence-electron chi connectivity index (χ4n) is 2.75. The van der Waals surface area contributed by atoms with E-state index in [0.29, 0.717) is 24.5 Å². The van der Waals surface area contributed by atoms with Gasteiger partial charge in [-0.25, -0.2) is 0 Å². The molecule has 0 atom stereocenters. The number of amides is 3. The summed E-state index contributed by atoms with van der Waals surface area (Å²) in [5.74, 6) is -0.671. The van der Waals surface area contributed by atoms with Crippen LogP contribution < -0.4 is 10.6 Å². The molecule has 0 unspecified atom stereocenters. The summed E-state index contributed by atoms with van der Waals surface area (Å²) < 4.78 is 0. The lowest BCUT2D eigenvalue weighted by molar-refractivity contribution is -0.147. The third-order valence-corrected chi connectivity index (χ3v) is 4.19. The molecule has 0 spiro atoms. The van der Waals surface area contributed by atoms with Crippen molar-refractivity contribution in [1.82, 2.24) is 4.90 Å². The highest BCUT2D eigenvalue weighted by Crippen LogP contribution is 2.25. The predicted octanol–water partition coefficient (Wildman–Crippen LogP) is 2.62. The van der Waals surface area contributed by atoms with Crippen LogP contribution in [0.15, 0.2) is 24.3 Å². The van der Waals surface area contributed by atoms with E-state index in [9.17, 15) is 14.4 Å². The quantitative estimate of drug-likeness (QED) is 0.833. The van der Waals surface area contributed by atoms with Crippen LogP contribution >= 0.6 is 0 Å². The molecule has 2 rings (SSSR count). The van der Waals surface area contributed by atoms with Crippen molar-refractivity contribution in [2.75, 3.05) is 23.7 Å². The van der Waals surface area contributed by atoms with E-state index in [1.165, 1.54) is 6.92 Å². The van der Waals surface area contributed by atoms with Gasteiger partial charge in [0.05, 0.1) is 0 Å². The van der Waals surface area contributed by atoms with Crippen LogP contribution in [0.25, 0.3) is 0 Å². The molecule has 6 nitrogen and oxygen atoms in total. The number of nitrogens with zero attached hydrogens (tertiary/aromatic N) is 1. The third kappa shape index (κ3) is 4.34. The Morgan fingerprint density at radius 1 is 1.00 bits per heavy atom. The van der Waals surface area contributed by atoms with Gasteiger partial charge in [-0.3, -0.25) is 14.4 Å². The third-order valence-electron chi connectivity index (χ3n) is 4.19. The van der Waals surface area contributed by atoms with E-state index in [1.807, 2.05) is 0 Å². The van der Waals surface area contributed by atoms with Gasteiger partial charge in [0, 0.05) is 31.4 Å². The number of rotatable bonds is 4. The predicted molar refractivity (Wildman–Crippen MR) is 93.6 cm³/mol. The molecule has 130 valence electrons. The second-order valence-corrected chi connectivity index (χ2v) is 6.69. The monoisotopic (exact) mass is 331 g/mol. The molecule has 0 radical (unpaired) electrons. The van der Waals surface area contributed by atoms with Crippen LogP contribution in [0, 0.1) is 5.41 Å². The maximum absolute atomic E-state index is 12.7. The highest BCUT2D eigenvalue weighted by Gasteiger charge is 2.39. The minimum atomic E-state index is -1.14. The molecule has 1 saturated heterocycles. The zero-order chi connectivity index (χ0) is 17.7. The lowest BCUT2D eigenvalue weighted by Crippen LogP contribution is -2.48. The van der Waals surface area contributed by atoms with Crippen LogP contribution in [-0.2, 0) is 14.4 Å². The Labute approximate surface area is 142 Å². The molecule has 24 heavy (non-hydrogen) atoms. The number of nitrogens with one attached hydrogen (secondary N) is 2. The molecular weight excluding hydrogens is 306 g/mol. The van der Waals surface area contributed by atoms with Gasteiger partial charge in [-0.05, 0) is 51.3 Å². The molecule has 2 N–H and O–H groups in total. The van der Waals surface area contributed by atoms with Gasteiger partial charge in [0.25, 0.3) is 0 Å². The number of benzene rings is 1. The number of anilines is 2.